The van der Waals surface area contributed by atoms with Crippen LogP contribution < -0.4 is 24.8 Å². The van der Waals surface area contributed by atoms with Crippen LogP contribution in [0.25, 0.3) is 0 Å². The van der Waals surface area contributed by atoms with Gasteiger partial charge in [-0.3, -0.25) is 14.4 Å². The Labute approximate surface area is 344 Å². The molecule has 0 spiro atoms. The number of ketones is 1. The third-order valence-corrected chi connectivity index (χ3v) is 9.06. The normalized spacial score (nSPS) is 11.1. The van der Waals surface area contributed by atoms with E-state index < -0.39 is 30.0 Å². The van der Waals surface area contributed by atoms with Gasteiger partial charge in [0, 0.05) is 40.0 Å². The second-order valence-corrected chi connectivity index (χ2v) is 13.4. The summed E-state index contributed by atoms with van der Waals surface area (Å²) in [4.78, 5) is 66.1. The van der Waals surface area contributed by atoms with Gasteiger partial charge in [0.25, 0.3) is 11.8 Å². The van der Waals surface area contributed by atoms with Crippen molar-refractivity contribution in [3.05, 3.63) is 221 Å². The largest absolute Gasteiger partial charge is 0.461 e. The Balaban J connectivity index is 1.07. The maximum atomic E-state index is 13.8. The van der Waals surface area contributed by atoms with Crippen molar-refractivity contribution in [3.8, 4) is 17.2 Å². The summed E-state index contributed by atoms with van der Waals surface area (Å²) >= 11 is 0. The number of carbonyl (C=O) groups is 5. The highest BCUT2D eigenvalue weighted by Crippen LogP contribution is 2.24. The first-order valence-electron chi connectivity index (χ1n) is 18.7. The van der Waals surface area contributed by atoms with Gasteiger partial charge in [0.15, 0.2) is 5.78 Å². The standard InChI is InChI=1S/C49H36N2O9/c52-44(28-32-16-22-41(23-17-32)58-47(55)33-10-4-1-5-11-33)36-29-37(45(53)50-39-18-24-42(25-19-39)59-48(56)34-12-6-2-7-13-34)31-38(30-36)46(54)51-40-20-26-43(27-21-40)60-49(57)35-14-8-3-9-15-35/h1-27,29-31,48,56H,28H2,(H,50,53)(H,51,54). The Hall–Kier alpha value is -8.15. The molecule has 1 unspecified atom stereocenters. The van der Waals surface area contributed by atoms with E-state index in [-0.39, 0.29) is 34.6 Å². The predicted molar refractivity (Wildman–Crippen MR) is 225 cm³/mol. The third kappa shape index (κ3) is 10.6. The molecule has 1 atom stereocenters. The summed E-state index contributed by atoms with van der Waals surface area (Å²) in [5, 5.41) is 16.0. The number of amides is 2. The molecule has 0 saturated heterocycles. The number of ether oxygens (including phenoxy) is 3. The smallest absolute Gasteiger partial charge is 0.343 e. The number of hydrogen-bond donors (Lipinski definition) is 3. The molecular weight excluding hydrogens is 761 g/mol. The summed E-state index contributed by atoms with van der Waals surface area (Å²) in [7, 11) is 0. The molecule has 7 aromatic carbocycles. The average Bonchev–Trinajstić information content (AvgIpc) is 3.29. The number of anilines is 2. The molecule has 0 aliphatic rings. The lowest BCUT2D eigenvalue weighted by Crippen LogP contribution is -2.18. The fourth-order valence-corrected chi connectivity index (χ4v) is 5.94. The van der Waals surface area contributed by atoms with E-state index in [0.717, 1.165) is 0 Å². The van der Waals surface area contributed by atoms with E-state index in [1.54, 1.807) is 146 Å². The van der Waals surface area contributed by atoms with Crippen molar-refractivity contribution in [1.29, 1.82) is 0 Å². The second-order valence-electron chi connectivity index (χ2n) is 13.4. The number of Topliss-reactive ketones (excluding diaryl/α,β-unsaturated/α-hetero) is 1. The van der Waals surface area contributed by atoms with E-state index in [1.807, 2.05) is 6.07 Å². The van der Waals surface area contributed by atoms with Gasteiger partial charge in [0.1, 0.15) is 17.2 Å². The summed E-state index contributed by atoms with van der Waals surface area (Å²) in [5.74, 6) is -1.70. The summed E-state index contributed by atoms with van der Waals surface area (Å²) in [6, 6.07) is 49.1. The van der Waals surface area contributed by atoms with Crippen LogP contribution in [0.15, 0.2) is 182 Å². The summed E-state index contributed by atoms with van der Waals surface area (Å²) < 4.78 is 16.5. The van der Waals surface area contributed by atoms with Crippen molar-refractivity contribution in [2.45, 2.75) is 12.7 Å². The molecule has 11 nitrogen and oxygen atoms in total. The van der Waals surface area contributed by atoms with Crippen molar-refractivity contribution in [1.82, 2.24) is 0 Å². The number of esters is 2. The van der Waals surface area contributed by atoms with Crippen LogP contribution in [-0.4, -0.2) is 34.6 Å². The minimum Gasteiger partial charge on any atom is -0.461 e. The molecule has 11 heteroatoms. The number of aliphatic hydroxyl groups is 1. The van der Waals surface area contributed by atoms with E-state index >= 15 is 0 Å². The Morgan fingerprint density at radius 3 is 1.32 bits per heavy atom. The average molecular weight is 797 g/mol. The number of aliphatic hydroxyl groups excluding tert-OH is 1. The van der Waals surface area contributed by atoms with Crippen LogP contribution in [0, 0.1) is 0 Å². The van der Waals surface area contributed by atoms with Gasteiger partial charge in [0.05, 0.1) is 11.1 Å². The molecule has 0 aliphatic heterocycles. The molecule has 0 fully saturated rings. The van der Waals surface area contributed by atoms with E-state index in [1.165, 1.54) is 30.3 Å². The topological polar surface area (TPSA) is 157 Å². The van der Waals surface area contributed by atoms with Crippen LogP contribution in [0.2, 0.25) is 0 Å². The Kier molecular flexibility index (Phi) is 12.6. The molecule has 0 aliphatic carbocycles. The first-order chi connectivity index (χ1) is 29.2. The van der Waals surface area contributed by atoms with E-state index in [0.29, 0.717) is 45.1 Å². The number of rotatable bonds is 14. The molecule has 0 radical (unpaired) electrons. The summed E-state index contributed by atoms with van der Waals surface area (Å²) in [5.41, 5.74) is 2.90. The Morgan fingerprint density at radius 2 is 0.850 bits per heavy atom. The zero-order valence-electron chi connectivity index (χ0n) is 31.8. The van der Waals surface area contributed by atoms with Gasteiger partial charge in [0.2, 0.25) is 6.29 Å². The lowest BCUT2D eigenvalue weighted by molar-refractivity contribution is -0.0194. The number of benzene rings is 7. The maximum Gasteiger partial charge on any atom is 0.343 e. The Bertz CT molecular complexity index is 2490. The zero-order valence-corrected chi connectivity index (χ0v) is 31.8. The molecule has 60 heavy (non-hydrogen) atoms. The molecule has 296 valence electrons. The van der Waals surface area contributed by atoms with Crippen LogP contribution in [0.5, 0.6) is 17.2 Å². The van der Waals surface area contributed by atoms with Crippen molar-refractivity contribution in [2.24, 2.45) is 0 Å². The molecule has 0 saturated carbocycles. The van der Waals surface area contributed by atoms with Crippen LogP contribution >= 0.6 is 0 Å². The molecule has 0 heterocycles. The van der Waals surface area contributed by atoms with Crippen molar-refractivity contribution in [2.75, 3.05) is 10.6 Å². The number of hydrogen-bond acceptors (Lipinski definition) is 9. The van der Waals surface area contributed by atoms with Gasteiger partial charge in [-0.2, -0.15) is 0 Å². The van der Waals surface area contributed by atoms with Crippen molar-refractivity contribution in [3.63, 3.8) is 0 Å². The molecule has 2 amide bonds. The highest BCUT2D eigenvalue weighted by molar-refractivity contribution is 6.11. The van der Waals surface area contributed by atoms with Crippen LogP contribution in [0.3, 0.4) is 0 Å². The van der Waals surface area contributed by atoms with Gasteiger partial charge in [-0.15, -0.1) is 0 Å². The van der Waals surface area contributed by atoms with Gasteiger partial charge < -0.3 is 30.0 Å². The van der Waals surface area contributed by atoms with Crippen LogP contribution in [-0.2, 0) is 6.42 Å². The molecular formula is C49H36N2O9. The lowest BCUT2D eigenvalue weighted by atomic mass is 9.97. The van der Waals surface area contributed by atoms with E-state index in [4.69, 9.17) is 14.2 Å². The molecule has 0 bridgehead atoms. The first kappa shape index (κ1) is 40.1. The first-order valence-corrected chi connectivity index (χ1v) is 18.7. The third-order valence-electron chi connectivity index (χ3n) is 9.06. The fraction of sp³-hybridized carbons (Fsp3) is 0.0408. The van der Waals surface area contributed by atoms with E-state index in [2.05, 4.69) is 10.6 Å². The molecule has 0 aromatic heterocycles. The lowest BCUT2D eigenvalue weighted by Gasteiger charge is -2.14. The van der Waals surface area contributed by atoms with E-state index in [9.17, 15) is 29.1 Å². The van der Waals surface area contributed by atoms with Crippen molar-refractivity contribution >= 4 is 40.9 Å². The zero-order chi connectivity index (χ0) is 41.8. The maximum absolute atomic E-state index is 13.8. The number of carbonyl (C=O) groups excluding carboxylic acids is 5. The minimum absolute atomic E-state index is 0.0346. The highest BCUT2D eigenvalue weighted by Gasteiger charge is 2.19. The monoisotopic (exact) mass is 796 g/mol. The highest BCUT2D eigenvalue weighted by atomic mass is 16.6. The van der Waals surface area contributed by atoms with Crippen LogP contribution in [0.4, 0.5) is 11.4 Å². The molecule has 7 aromatic rings. The molecule has 7 rings (SSSR count). The second kappa shape index (κ2) is 18.9. The van der Waals surface area contributed by atoms with Gasteiger partial charge >= 0.3 is 11.9 Å². The van der Waals surface area contributed by atoms with Gasteiger partial charge in [-0.1, -0.05) is 78.9 Å². The minimum atomic E-state index is -1.19. The van der Waals surface area contributed by atoms with Crippen molar-refractivity contribution < 1.29 is 43.3 Å². The predicted octanol–water partition coefficient (Wildman–Crippen LogP) is 9.12. The van der Waals surface area contributed by atoms with Gasteiger partial charge in [-0.05, 0) is 109 Å². The SMILES string of the molecule is O=C(Cc1ccc(OC(=O)c2ccccc2)cc1)c1cc(C(=O)Nc2ccc(OC(=O)c3ccccc3)cc2)cc(C(=O)Nc2ccc(OC(O)c3ccccc3)cc2)c1. The van der Waals surface area contributed by atoms with Gasteiger partial charge in [-0.25, -0.2) is 9.59 Å². The number of nitrogens with one attached hydrogen (secondary N) is 2. The molecule has 3 N–H and O–H groups in total. The Morgan fingerprint density at radius 1 is 0.450 bits per heavy atom. The summed E-state index contributed by atoms with van der Waals surface area (Å²) in [6.45, 7) is 0. The summed E-state index contributed by atoms with van der Waals surface area (Å²) in [6.07, 6.45) is -1.28. The fourth-order valence-electron chi connectivity index (χ4n) is 5.94. The quantitative estimate of drug-likeness (QED) is 0.0423. The van der Waals surface area contributed by atoms with Crippen LogP contribution in [0.1, 0.15) is 69.2 Å².